The van der Waals surface area contributed by atoms with E-state index in [1.165, 1.54) is 0 Å². The van der Waals surface area contributed by atoms with Crippen molar-refractivity contribution in [2.24, 2.45) is 0 Å². The largest absolute Gasteiger partial charge is 0.487 e. The molecular formula is C21H21ClN2O5. The third-order valence-corrected chi connectivity index (χ3v) is 5.14. The second-order valence-corrected chi connectivity index (χ2v) is 6.78. The molecule has 0 saturated heterocycles. The minimum atomic E-state index is -0.351. The van der Waals surface area contributed by atoms with Crippen molar-refractivity contribution < 1.29 is 23.7 Å². The van der Waals surface area contributed by atoms with Crippen molar-refractivity contribution in [2.75, 3.05) is 6.79 Å². The highest BCUT2D eigenvalue weighted by Crippen LogP contribution is 2.34. The molecule has 1 aromatic carbocycles. The molecular weight excluding hydrogens is 396 g/mol. The van der Waals surface area contributed by atoms with E-state index in [9.17, 15) is 0 Å². The van der Waals surface area contributed by atoms with Crippen LogP contribution in [0, 0.1) is 13.8 Å². The van der Waals surface area contributed by atoms with E-state index in [0.29, 0.717) is 13.2 Å². The first-order valence-electron chi connectivity index (χ1n) is 9.12. The number of hydrogen-bond donors (Lipinski definition) is 0. The van der Waals surface area contributed by atoms with E-state index in [1.54, 1.807) is 18.7 Å². The first-order chi connectivity index (χ1) is 13.7. The molecule has 8 heteroatoms. The maximum atomic E-state index is 6.18. The number of rotatable bonds is 5. The molecule has 0 amide bonds. The predicted octanol–water partition coefficient (Wildman–Crippen LogP) is 4.23. The summed E-state index contributed by atoms with van der Waals surface area (Å²) < 4.78 is 30.1. The van der Waals surface area contributed by atoms with Crippen molar-refractivity contribution in [3.63, 3.8) is 0 Å². The lowest BCUT2D eigenvalue weighted by Crippen LogP contribution is -2.17. The summed E-state index contributed by atoms with van der Waals surface area (Å²) in [5, 5.41) is 0. The van der Waals surface area contributed by atoms with Crippen LogP contribution in [0.15, 0.2) is 43.0 Å². The fraction of sp³-hybridized carbons (Fsp3) is 0.286. The molecule has 0 unspecified atom stereocenters. The van der Waals surface area contributed by atoms with Crippen LogP contribution in [0.5, 0.6) is 17.2 Å². The third-order valence-electron chi connectivity index (χ3n) is 5.14. The highest BCUT2D eigenvalue weighted by Gasteiger charge is 2.21. The molecule has 2 aliphatic heterocycles. The minimum Gasteiger partial charge on any atom is -0.487 e. The topological polar surface area (TPSA) is 64.0 Å². The van der Waals surface area contributed by atoms with Gasteiger partial charge in [0.25, 0.3) is 6.29 Å². The van der Waals surface area contributed by atoms with Gasteiger partial charge in [0.15, 0.2) is 11.5 Å². The SMILES string of the molecule is Cc1c(C)n(CC2OC=CO2)c2c(OCc3ccc4c(c3)OCO4)ccnc12.Cl. The van der Waals surface area contributed by atoms with Crippen LogP contribution in [-0.4, -0.2) is 22.6 Å². The molecule has 4 heterocycles. The van der Waals surface area contributed by atoms with Crippen LogP contribution in [0.3, 0.4) is 0 Å². The smallest absolute Gasteiger partial charge is 0.257 e. The quantitative estimate of drug-likeness (QED) is 0.620. The van der Waals surface area contributed by atoms with Gasteiger partial charge < -0.3 is 28.3 Å². The number of ether oxygens (including phenoxy) is 5. The average Bonchev–Trinajstić information content (AvgIpc) is 3.44. The number of fused-ring (bicyclic) bond motifs is 2. The standard InChI is InChI=1S/C21H20N2O5.ClH/c1-13-14(2)23(10-19-24-7-8-25-19)21-17(5-6-22-20(13)21)26-11-15-3-4-16-18(9-15)28-12-27-16;/h3-9,19H,10-12H2,1-2H3;1H. The normalized spacial score (nSPS) is 14.6. The number of pyridine rings is 1. The minimum absolute atomic E-state index is 0. The van der Waals surface area contributed by atoms with Gasteiger partial charge in [-0.15, -0.1) is 12.4 Å². The van der Waals surface area contributed by atoms with Crippen molar-refractivity contribution in [3.05, 3.63) is 59.8 Å². The molecule has 3 aromatic rings. The van der Waals surface area contributed by atoms with Gasteiger partial charge in [-0.25, -0.2) is 0 Å². The van der Waals surface area contributed by atoms with Crippen LogP contribution < -0.4 is 14.2 Å². The van der Waals surface area contributed by atoms with Gasteiger partial charge in [-0.3, -0.25) is 4.98 Å². The van der Waals surface area contributed by atoms with Crippen molar-refractivity contribution >= 4 is 23.4 Å². The molecule has 2 aromatic heterocycles. The first-order valence-corrected chi connectivity index (χ1v) is 9.12. The van der Waals surface area contributed by atoms with E-state index < -0.39 is 0 Å². The Bertz CT molecular complexity index is 1070. The van der Waals surface area contributed by atoms with Gasteiger partial charge in [-0.05, 0) is 37.1 Å². The van der Waals surface area contributed by atoms with Crippen LogP contribution >= 0.6 is 12.4 Å². The van der Waals surface area contributed by atoms with Crippen LogP contribution in [0.2, 0.25) is 0 Å². The van der Waals surface area contributed by atoms with E-state index in [2.05, 4.69) is 23.4 Å². The number of hydrogen-bond acceptors (Lipinski definition) is 6. The molecule has 0 atom stereocenters. The van der Waals surface area contributed by atoms with Crippen molar-refractivity contribution in [3.8, 4) is 17.2 Å². The molecule has 0 spiro atoms. The highest BCUT2D eigenvalue weighted by molar-refractivity contribution is 5.86. The summed E-state index contributed by atoms with van der Waals surface area (Å²) >= 11 is 0. The molecule has 0 N–H and O–H groups in total. The molecule has 29 heavy (non-hydrogen) atoms. The van der Waals surface area contributed by atoms with E-state index in [1.807, 2.05) is 24.3 Å². The number of aryl methyl sites for hydroxylation is 1. The summed E-state index contributed by atoms with van der Waals surface area (Å²) in [6.07, 6.45) is 4.55. The maximum Gasteiger partial charge on any atom is 0.257 e. The van der Waals surface area contributed by atoms with Gasteiger partial charge in [-0.1, -0.05) is 6.07 Å². The second-order valence-electron chi connectivity index (χ2n) is 6.78. The molecule has 0 fully saturated rings. The summed E-state index contributed by atoms with van der Waals surface area (Å²) in [6.45, 7) is 5.36. The average molecular weight is 417 g/mol. The molecule has 5 rings (SSSR count). The Balaban J connectivity index is 0.00000205. The van der Waals surface area contributed by atoms with Gasteiger partial charge in [0, 0.05) is 18.0 Å². The fourth-order valence-electron chi connectivity index (χ4n) is 3.56. The monoisotopic (exact) mass is 416 g/mol. The Labute approximate surface area is 174 Å². The zero-order valence-electron chi connectivity index (χ0n) is 16.1. The lowest BCUT2D eigenvalue weighted by atomic mass is 10.2. The maximum absolute atomic E-state index is 6.18. The lowest BCUT2D eigenvalue weighted by molar-refractivity contribution is -0.0337. The molecule has 0 saturated carbocycles. The third kappa shape index (κ3) is 3.42. The molecule has 2 aliphatic rings. The summed E-state index contributed by atoms with van der Waals surface area (Å²) in [5.74, 6) is 2.28. The summed E-state index contributed by atoms with van der Waals surface area (Å²) in [6, 6.07) is 7.72. The van der Waals surface area contributed by atoms with Gasteiger partial charge in [0.2, 0.25) is 6.79 Å². The summed E-state index contributed by atoms with van der Waals surface area (Å²) in [7, 11) is 0. The number of halogens is 1. The number of nitrogens with zero attached hydrogens (tertiary/aromatic N) is 2. The van der Waals surface area contributed by atoms with Gasteiger partial charge in [0.1, 0.15) is 30.4 Å². The van der Waals surface area contributed by atoms with Crippen molar-refractivity contribution in [1.82, 2.24) is 9.55 Å². The fourth-order valence-corrected chi connectivity index (χ4v) is 3.56. The highest BCUT2D eigenvalue weighted by atomic mass is 35.5. The van der Waals surface area contributed by atoms with Gasteiger partial charge >= 0.3 is 0 Å². The molecule has 0 aliphatic carbocycles. The predicted molar refractivity (Wildman–Crippen MR) is 108 cm³/mol. The molecule has 0 radical (unpaired) electrons. The van der Waals surface area contributed by atoms with Gasteiger partial charge in [-0.2, -0.15) is 0 Å². The van der Waals surface area contributed by atoms with E-state index >= 15 is 0 Å². The zero-order valence-corrected chi connectivity index (χ0v) is 16.9. The summed E-state index contributed by atoms with van der Waals surface area (Å²) in [5.41, 5.74) is 5.10. The number of aromatic nitrogens is 2. The summed E-state index contributed by atoms with van der Waals surface area (Å²) in [4.78, 5) is 4.57. The van der Waals surface area contributed by atoms with Crippen molar-refractivity contribution in [2.45, 2.75) is 33.3 Å². The van der Waals surface area contributed by atoms with E-state index in [0.717, 1.165) is 45.1 Å². The van der Waals surface area contributed by atoms with Gasteiger partial charge in [0.05, 0.1) is 12.1 Å². The number of benzene rings is 1. The van der Waals surface area contributed by atoms with Crippen LogP contribution in [0.25, 0.3) is 11.0 Å². The molecule has 0 bridgehead atoms. The molecule has 152 valence electrons. The van der Waals surface area contributed by atoms with E-state index in [4.69, 9.17) is 23.7 Å². The van der Waals surface area contributed by atoms with Crippen LogP contribution in [-0.2, 0) is 22.6 Å². The Hall–Kier alpha value is -3.06. The zero-order chi connectivity index (χ0) is 19.1. The van der Waals surface area contributed by atoms with Crippen LogP contribution in [0.4, 0.5) is 0 Å². The Morgan fingerprint density at radius 1 is 1.10 bits per heavy atom. The second kappa shape index (κ2) is 7.75. The Morgan fingerprint density at radius 3 is 2.72 bits per heavy atom. The Kier molecular flexibility index (Phi) is 5.15. The Morgan fingerprint density at radius 2 is 1.90 bits per heavy atom. The van der Waals surface area contributed by atoms with Crippen molar-refractivity contribution in [1.29, 1.82) is 0 Å². The van der Waals surface area contributed by atoms with E-state index in [-0.39, 0.29) is 25.5 Å². The lowest BCUT2D eigenvalue weighted by Gasteiger charge is -2.16. The molecule has 7 nitrogen and oxygen atoms in total. The van der Waals surface area contributed by atoms with Crippen LogP contribution in [0.1, 0.15) is 16.8 Å². The first kappa shape index (κ1) is 19.3.